The SMILES string of the molecule is CCCCCN1C(=O)CCC1=O. The summed E-state index contributed by atoms with van der Waals surface area (Å²) in [7, 11) is 0. The van der Waals surface area contributed by atoms with Gasteiger partial charge >= 0.3 is 0 Å². The van der Waals surface area contributed by atoms with Crippen LogP contribution in [0.25, 0.3) is 0 Å². The molecule has 1 aliphatic heterocycles. The summed E-state index contributed by atoms with van der Waals surface area (Å²) >= 11 is 0. The van der Waals surface area contributed by atoms with Gasteiger partial charge in [0.2, 0.25) is 11.8 Å². The number of carbonyl (C=O) groups excluding carboxylic acids is 2. The van der Waals surface area contributed by atoms with Gasteiger partial charge in [-0.05, 0) is 6.42 Å². The minimum atomic E-state index is 0.0103. The summed E-state index contributed by atoms with van der Waals surface area (Å²) in [5, 5.41) is 0. The maximum atomic E-state index is 11.1. The minimum absolute atomic E-state index is 0.0103. The Balaban J connectivity index is 2.30. The summed E-state index contributed by atoms with van der Waals surface area (Å²) in [6.45, 7) is 2.74. The molecule has 1 saturated heterocycles. The van der Waals surface area contributed by atoms with E-state index in [4.69, 9.17) is 0 Å². The van der Waals surface area contributed by atoms with Crippen molar-refractivity contribution in [3.8, 4) is 0 Å². The first-order chi connectivity index (χ1) is 5.75. The van der Waals surface area contributed by atoms with Crippen LogP contribution in [0.5, 0.6) is 0 Å². The molecule has 2 amide bonds. The van der Waals surface area contributed by atoms with Crippen LogP contribution in [0.3, 0.4) is 0 Å². The van der Waals surface area contributed by atoms with E-state index in [1.54, 1.807) is 0 Å². The molecule has 1 aliphatic rings. The van der Waals surface area contributed by atoms with Crippen LogP contribution < -0.4 is 0 Å². The third kappa shape index (κ3) is 2.06. The van der Waals surface area contributed by atoms with Crippen molar-refractivity contribution in [1.82, 2.24) is 4.90 Å². The Bertz CT molecular complexity index is 173. The first-order valence-corrected chi connectivity index (χ1v) is 4.59. The molecule has 0 radical (unpaired) electrons. The molecule has 1 fully saturated rings. The monoisotopic (exact) mass is 169 g/mol. The van der Waals surface area contributed by atoms with Gasteiger partial charge < -0.3 is 0 Å². The molecule has 68 valence electrons. The van der Waals surface area contributed by atoms with Crippen molar-refractivity contribution < 1.29 is 9.59 Å². The van der Waals surface area contributed by atoms with Crippen LogP contribution in [0, 0.1) is 0 Å². The van der Waals surface area contributed by atoms with E-state index in [1.807, 2.05) is 0 Å². The molecule has 0 aliphatic carbocycles. The van der Waals surface area contributed by atoms with Crippen LogP contribution in [-0.2, 0) is 9.59 Å². The van der Waals surface area contributed by atoms with Gasteiger partial charge in [0.05, 0.1) is 0 Å². The van der Waals surface area contributed by atoms with Gasteiger partial charge in [-0.3, -0.25) is 14.5 Å². The number of imide groups is 1. The third-order valence-corrected chi connectivity index (χ3v) is 2.14. The van der Waals surface area contributed by atoms with Crippen molar-refractivity contribution in [1.29, 1.82) is 0 Å². The number of unbranched alkanes of at least 4 members (excludes halogenated alkanes) is 2. The zero-order valence-corrected chi connectivity index (χ0v) is 7.51. The lowest BCUT2D eigenvalue weighted by atomic mass is 10.2. The molecule has 1 heterocycles. The Morgan fingerprint density at radius 1 is 1.17 bits per heavy atom. The summed E-state index contributed by atoms with van der Waals surface area (Å²) in [5.74, 6) is 0.0206. The van der Waals surface area contributed by atoms with E-state index in [-0.39, 0.29) is 11.8 Å². The smallest absolute Gasteiger partial charge is 0.229 e. The third-order valence-electron chi connectivity index (χ3n) is 2.14. The quantitative estimate of drug-likeness (QED) is 0.470. The first kappa shape index (κ1) is 9.23. The topological polar surface area (TPSA) is 37.4 Å². The summed E-state index contributed by atoms with van der Waals surface area (Å²) in [4.78, 5) is 23.6. The van der Waals surface area contributed by atoms with Gasteiger partial charge in [0.25, 0.3) is 0 Å². The normalized spacial score (nSPS) is 17.6. The number of amides is 2. The summed E-state index contributed by atoms with van der Waals surface area (Å²) in [5.41, 5.74) is 0. The summed E-state index contributed by atoms with van der Waals surface area (Å²) < 4.78 is 0. The molecule has 0 aromatic heterocycles. The van der Waals surface area contributed by atoms with Crippen LogP contribution in [0.2, 0.25) is 0 Å². The Hall–Kier alpha value is -0.860. The average molecular weight is 169 g/mol. The van der Waals surface area contributed by atoms with Gasteiger partial charge in [0, 0.05) is 19.4 Å². The lowest BCUT2D eigenvalue weighted by molar-refractivity contribution is -0.138. The van der Waals surface area contributed by atoms with Crippen molar-refractivity contribution in [2.24, 2.45) is 0 Å². The zero-order valence-electron chi connectivity index (χ0n) is 7.51. The molecule has 0 spiro atoms. The highest BCUT2D eigenvalue weighted by molar-refractivity contribution is 6.01. The van der Waals surface area contributed by atoms with Crippen molar-refractivity contribution in [3.05, 3.63) is 0 Å². The van der Waals surface area contributed by atoms with Gasteiger partial charge in [-0.1, -0.05) is 19.8 Å². The number of hydrogen-bond acceptors (Lipinski definition) is 2. The fraction of sp³-hybridized carbons (Fsp3) is 0.778. The second-order valence-corrected chi connectivity index (χ2v) is 3.15. The number of hydrogen-bond donors (Lipinski definition) is 0. The number of carbonyl (C=O) groups is 2. The highest BCUT2D eigenvalue weighted by Crippen LogP contribution is 2.12. The minimum Gasteiger partial charge on any atom is -0.283 e. The zero-order chi connectivity index (χ0) is 8.97. The molecule has 0 N–H and O–H groups in total. The van der Waals surface area contributed by atoms with E-state index in [9.17, 15) is 9.59 Å². The predicted molar refractivity (Wildman–Crippen MR) is 45.5 cm³/mol. The molecule has 0 unspecified atom stereocenters. The number of likely N-dealkylation sites (tertiary alicyclic amines) is 1. The standard InChI is InChI=1S/C9H15NO2/c1-2-3-4-7-10-8(11)5-6-9(10)12/h2-7H2,1H3. The van der Waals surface area contributed by atoms with Gasteiger partial charge in [-0.2, -0.15) is 0 Å². The van der Waals surface area contributed by atoms with E-state index in [2.05, 4.69) is 6.92 Å². The number of rotatable bonds is 4. The van der Waals surface area contributed by atoms with Crippen molar-refractivity contribution in [3.63, 3.8) is 0 Å². The van der Waals surface area contributed by atoms with Crippen molar-refractivity contribution in [2.75, 3.05) is 6.54 Å². The fourth-order valence-electron chi connectivity index (χ4n) is 1.39. The molecule has 0 bridgehead atoms. The molecule has 0 aromatic carbocycles. The maximum absolute atomic E-state index is 11.1. The van der Waals surface area contributed by atoms with E-state index in [0.717, 1.165) is 19.3 Å². The second-order valence-electron chi connectivity index (χ2n) is 3.15. The van der Waals surface area contributed by atoms with E-state index in [1.165, 1.54) is 4.90 Å². The van der Waals surface area contributed by atoms with E-state index >= 15 is 0 Å². The van der Waals surface area contributed by atoms with Crippen LogP contribution in [0.15, 0.2) is 0 Å². The van der Waals surface area contributed by atoms with E-state index in [0.29, 0.717) is 19.4 Å². The van der Waals surface area contributed by atoms with Crippen LogP contribution in [0.1, 0.15) is 39.0 Å². The molecule has 1 rings (SSSR count). The van der Waals surface area contributed by atoms with Gasteiger partial charge in [0.15, 0.2) is 0 Å². The lowest BCUT2D eigenvalue weighted by Gasteiger charge is -2.12. The summed E-state index contributed by atoms with van der Waals surface area (Å²) in [6.07, 6.45) is 4.01. The Morgan fingerprint density at radius 3 is 2.25 bits per heavy atom. The van der Waals surface area contributed by atoms with Crippen LogP contribution >= 0.6 is 0 Å². The van der Waals surface area contributed by atoms with E-state index < -0.39 is 0 Å². The highest BCUT2D eigenvalue weighted by atomic mass is 16.2. The molecule has 0 aromatic rings. The lowest BCUT2D eigenvalue weighted by Crippen LogP contribution is -2.29. The van der Waals surface area contributed by atoms with Gasteiger partial charge in [-0.15, -0.1) is 0 Å². The molecule has 3 nitrogen and oxygen atoms in total. The van der Waals surface area contributed by atoms with Crippen molar-refractivity contribution in [2.45, 2.75) is 39.0 Å². The summed E-state index contributed by atoms with van der Waals surface area (Å²) in [6, 6.07) is 0. The Morgan fingerprint density at radius 2 is 1.75 bits per heavy atom. The van der Waals surface area contributed by atoms with Crippen molar-refractivity contribution >= 4 is 11.8 Å². The molecular weight excluding hydrogens is 154 g/mol. The Kier molecular flexibility index (Phi) is 3.26. The molecule has 0 saturated carbocycles. The largest absolute Gasteiger partial charge is 0.283 e. The molecule has 3 heteroatoms. The highest BCUT2D eigenvalue weighted by Gasteiger charge is 2.27. The molecule has 12 heavy (non-hydrogen) atoms. The van der Waals surface area contributed by atoms with Gasteiger partial charge in [-0.25, -0.2) is 0 Å². The average Bonchev–Trinajstić information content (AvgIpc) is 2.35. The van der Waals surface area contributed by atoms with Crippen LogP contribution in [0.4, 0.5) is 0 Å². The molecular formula is C9H15NO2. The van der Waals surface area contributed by atoms with Crippen LogP contribution in [-0.4, -0.2) is 23.3 Å². The fourth-order valence-corrected chi connectivity index (χ4v) is 1.39. The predicted octanol–water partition coefficient (Wildman–Crippen LogP) is 1.33. The second kappa shape index (κ2) is 4.24. The first-order valence-electron chi connectivity index (χ1n) is 4.59. The number of nitrogens with zero attached hydrogens (tertiary/aromatic N) is 1. The maximum Gasteiger partial charge on any atom is 0.229 e. The van der Waals surface area contributed by atoms with Gasteiger partial charge in [0.1, 0.15) is 0 Å². The Labute approximate surface area is 72.7 Å². The molecule has 0 atom stereocenters.